The molecule has 0 aliphatic heterocycles. The summed E-state index contributed by atoms with van der Waals surface area (Å²) < 4.78 is 5.56. The largest absolute Gasteiger partial charge is 0.444 e. The molecule has 0 atom stereocenters. The van der Waals surface area contributed by atoms with Gasteiger partial charge in [-0.25, -0.2) is 9.98 Å². The van der Waals surface area contributed by atoms with E-state index in [2.05, 4.69) is 27.5 Å². The first kappa shape index (κ1) is 20.7. The molecule has 0 saturated heterocycles. The number of halogens is 1. The normalized spacial score (nSPS) is 15.7. The van der Waals surface area contributed by atoms with Crippen LogP contribution in [0, 0.1) is 6.92 Å². The molecule has 0 amide bonds. The summed E-state index contributed by atoms with van der Waals surface area (Å²) in [7, 11) is 0. The minimum atomic E-state index is -0.581. The fourth-order valence-electron chi connectivity index (χ4n) is 2.72. The lowest BCUT2D eigenvalue weighted by molar-refractivity contribution is -0.0279. The third-order valence-corrected chi connectivity index (χ3v) is 4.46. The van der Waals surface area contributed by atoms with Gasteiger partial charge in [-0.1, -0.05) is 17.7 Å². The number of benzene rings is 1. The first-order chi connectivity index (χ1) is 12.1. The van der Waals surface area contributed by atoms with Crippen LogP contribution < -0.4 is 10.6 Å². The quantitative estimate of drug-likeness (QED) is 0.343. The number of aryl methyl sites for hydroxylation is 1. The summed E-state index contributed by atoms with van der Waals surface area (Å²) in [6.07, 6.45) is 4.43. The van der Waals surface area contributed by atoms with Crippen LogP contribution >= 0.6 is 24.0 Å². The summed E-state index contributed by atoms with van der Waals surface area (Å²) in [5.41, 5.74) is 2.35. The first-order valence-corrected chi connectivity index (χ1v) is 8.84. The van der Waals surface area contributed by atoms with E-state index in [1.807, 2.05) is 31.2 Å². The molecule has 1 aliphatic carbocycles. The summed E-state index contributed by atoms with van der Waals surface area (Å²) >= 11 is 0. The summed E-state index contributed by atoms with van der Waals surface area (Å²) in [6.45, 7) is 5.77. The van der Waals surface area contributed by atoms with Gasteiger partial charge >= 0.3 is 0 Å². The Morgan fingerprint density at radius 3 is 2.62 bits per heavy atom. The zero-order valence-electron chi connectivity index (χ0n) is 15.3. The third kappa shape index (κ3) is 5.44. The first-order valence-electron chi connectivity index (χ1n) is 8.84. The molecule has 6 nitrogen and oxygen atoms in total. The van der Waals surface area contributed by atoms with Gasteiger partial charge in [0.15, 0.2) is 5.96 Å². The van der Waals surface area contributed by atoms with E-state index in [-0.39, 0.29) is 24.0 Å². The third-order valence-electron chi connectivity index (χ3n) is 4.46. The van der Waals surface area contributed by atoms with E-state index in [0.29, 0.717) is 24.9 Å². The number of oxazole rings is 1. The monoisotopic (exact) mass is 470 g/mol. The van der Waals surface area contributed by atoms with Crippen molar-refractivity contribution < 1.29 is 9.52 Å². The molecule has 3 N–H and O–H groups in total. The Morgan fingerprint density at radius 1 is 1.27 bits per heavy atom. The zero-order valence-corrected chi connectivity index (χ0v) is 17.6. The van der Waals surface area contributed by atoms with Crippen LogP contribution in [0.3, 0.4) is 0 Å². The van der Waals surface area contributed by atoms with E-state index in [9.17, 15) is 5.11 Å². The van der Waals surface area contributed by atoms with Crippen molar-refractivity contribution in [3.8, 4) is 11.5 Å². The highest BCUT2D eigenvalue weighted by molar-refractivity contribution is 14.0. The number of aliphatic imine (C=N–C) groups is 1. The smallest absolute Gasteiger partial charge is 0.226 e. The van der Waals surface area contributed by atoms with Crippen LogP contribution in [-0.2, 0) is 6.54 Å². The van der Waals surface area contributed by atoms with Gasteiger partial charge < -0.3 is 20.2 Å². The number of hydrogen-bond acceptors (Lipinski definition) is 4. The Kier molecular flexibility index (Phi) is 7.45. The second kappa shape index (κ2) is 9.36. The molecule has 26 heavy (non-hydrogen) atoms. The molecule has 0 bridgehead atoms. The van der Waals surface area contributed by atoms with Gasteiger partial charge in [-0.05, 0) is 45.2 Å². The zero-order chi connectivity index (χ0) is 17.7. The second-order valence-electron chi connectivity index (χ2n) is 6.64. The van der Waals surface area contributed by atoms with E-state index in [1.165, 1.54) is 5.56 Å². The molecule has 0 unspecified atom stereocenters. The minimum Gasteiger partial charge on any atom is -0.444 e. The van der Waals surface area contributed by atoms with Crippen molar-refractivity contribution in [1.29, 1.82) is 0 Å². The summed E-state index contributed by atoms with van der Waals surface area (Å²) in [5.74, 6) is 1.29. The molecule has 1 saturated carbocycles. The predicted octanol–water partition coefficient (Wildman–Crippen LogP) is 3.24. The Hall–Kier alpha value is -1.61. The molecule has 1 aliphatic rings. The van der Waals surface area contributed by atoms with Crippen LogP contribution in [0.2, 0.25) is 0 Å². The Balaban J connectivity index is 0.00000243. The van der Waals surface area contributed by atoms with Crippen molar-refractivity contribution in [3.05, 3.63) is 41.8 Å². The fourth-order valence-corrected chi connectivity index (χ4v) is 2.72. The number of aliphatic hydroxyl groups is 1. The van der Waals surface area contributed by atoms with E-state index < -0.39 is 5.60 Å². The Bertz CT molecular complexity index is 723. The SMILES string of the molecule is CCNC(=NCc1coc(-c2ccc(C)cc2)n1)NCC1(O)CCC1.I. The molecule has 1 aromatic carbocycles. The van der Waals surface area contributed by atoms with Crippen molar-refractivity contribution in [2.75, 3.05) is 13.1 Å². The number of aromatic nitrogens is 1. The van der Waals surface area contributed by atoms with Gasteiger partial charge in [0.2, 0.25) is 5.89 Å². The van der Waals surface area contributed by atoms with Gasteiger partial charge in [0.05, 0.1) is 12.1 Å². The molecular weight excluding hydrogens is 443 g/mol. The Morgan fingerprint density at radius 2 is 2.00 bits per heavy atom. The number of nitrogens with zero attached hydrogens (tertiary/aromatic N) is 2. The molecule has 7 heteroatoms. The van der Waals surface area contributed by atoms with Crippen LogP contribution in [-0.4, -0.2) is 34.7 Å². The molecule has 1 aromatic heterocycles. The van der Waals surface area contributed by atoms with Crippen LogP contribution in [0.5, 0.6) is 0 Å². The lowest BCUT2D eigenvalue weighted by Crippen LogP contribution is -2.50. The van der Waals surface area contributed by atoms with Gasteiger partial charge in [0.1, 0.15) is 12.0 Å². The van der Waals surface area contributed by atoms with Crippen LogP contribution in [0.25, 0.3) is 11.5 Å². The van der Waals surface area contributed by atoms with Crippen LogP contribution in [0.1, 0.15) is 37.4 Å². The van der Waals surface area contributed by atoms with E-state index >= 15 is 0 Å². The number of hydrogen-bond donors (Lipinski definition) is 3. The summed E-state index contributed by atoms with van der Waals surface area (Å²) in [4.78, 5) is 9.03. The standard InChI is InChI=1S/C19H26N4O2.HI/c1-3-20-18(22-13-19(24)9-4-10-19)21-11-16-12-25-17(23-16)15-7-5-14(2)6-8-15;/h5-8,12,24H,3-4,9-11,13H2,1-2H3,(H2,20,21,22);1H. The van der Waals surface area contributed by atoms with Crippen molar-refractivity contribution in [1.82, 2.24) is 15.6 Å². The van der Waals surface area contributed by atoms with Crippen molar-refractivity contribution in [3.63, 3.8) is 0 Å². The molecule has 2 aromatic rings. The van der Waals surface area contributed by atoms with Gasteiger partial charge in [-0.15, -0.1) is 24.0 Å². The number of guanidine groups is 1. The maximum atomic E-state index is 10.2. The van der Waals surface area contributed by atoms with Gasteiger partial charge in [-0.3, -0.25) is 0 Å². The molecule has 142 valence electrons. The molecule has 1 fully saturated rings. The van der Waals surface area contributed by atoms with Crippen LogP contribution in [0.15, 0.2) is 39.9 Å². The highest BCUT2D eigenvalue weighted by Crippen LogP contribution is 2.30. The van der Waals surface area contributed by atoms with Gasteiger partial charge in [-0.2, -0.15) is 0 Å². The fraction of sp³-hybridized carbons (Fsp3) is 0.474. The number of nitrogens with one attached hydrogen (secondary N) is 2. The van der Waals surface area contributed by atoms with Gasteiger partial charge in [0, 0.05) is 18.7 Å². The van der Waals surface area contributed by atoms with Gasteiger partial charge in [0.25, 0.3) is 0 Å². The maximum Gasteiger partial charge on any atom is 0.226 e. The van der Waals surface area contributed by atoms with Crippen LogP contribution in [0.4, 0.5) is 0 Å². The molecule has 3 rings (SSSR count). The lowest BCUT2D eigenvalue weighted by Gasteiger charge is -2.36. The van der Waals surface area contributed by atoms with E-state index in [0.717, 1.165) is 37.1 Å². The van der Waals surface area contributed by atoms with E-state index in [1.54, 1.807) is 6.26 Å². The second-order valence-corrected chi connectivity index (χ2v) is 6.64. The highest BCUT2D eigenvalue weighted by Gasteiger charge is 2.34. The average Bonchev–Trinajstić information content (AvgIpc) is 3.05. The van der Waals surface area contributed by atoms with Crippen molar-refractivity contribution in [2.45, 2.75) is 45.3 Å². The topological polar surface area (TPSA) is 82.7 Å². The molecule has 0 spiro atoms. The molecule has 0 radical (unpaired) electrons. The maximum absolute atomic E-state index is 10.2. The molecular formula is C19H27IN4O2. The Labute approximate surface area is 171 Å². The van der Waals surface area contributed by atoms with E-state index in [4.69, 9.17) is 4.42 Å². The molecule has 1 heterocycles. The van der Waals surface area contributed by atoms with Crippen molar-refractivity contribution in [2.24, 2.45) is 4.99 Å². The minimum absolute atomic E-state index is 0. The average molecular weight is 470 g/mol. The van der Waals surface area contributed by atoms with Crippen molar-refractivity contribution >= 4 is 29.9 Å². The number of rotatable bonds is 6. The summed E-state index contributed by atoms with van der Waals surface area (Å²) in [5, 5.41) is 16.6. The highest BCUT2D eigenvalue weighted by atomic mass is 127. The summed E-state index contributed by atoms with van der Waals surface area (Å²) in [6, 6.07) is 8.07. The predicted molar refractivity (Wildman–Crippen MR) is 114 cm³/mol. The lowest BCUT2D eigenvalue weighted by atomic mass is 9.80.